The molecule has 0 spiro atoms. The smallest absolute Gasteiger partial charge is 0.123 e. The molecule has 3 aromatic rings. The van der Waals surface area contributed by atoms with Gasteiger partial charge in [-0.25, -0.2) is 0 Å². The lowest BCUT2D eigenvalue weighted by molar-refractivity contribution is 0.407. The van der Waals surface area contributed by atoms with Gasteiger partial charge in [0.1, 0.15) is 5.75 Å². The van der Waals surface area contributed by atoms with Crippen LogP contribution in [-0.4, -0.2) is 16.9 Å². The van der Waals surface area contributed by atoms with Crippen LogP contribution in [0.15, 0.2) is 60.9 Å². The van der Waals surface area contributed by atoms with Gasteiger partial charge in [-0.05, 0) is 46.4 Å². The molecular formula is C17H15IN2O. The van der Waals surface area contributed by atoms with Gasteiger partial charge < -0.3 is 4.74 Å². The number of hydrogen-bond acceptors (Lipinski definition) is 2. The average molecular weight is 390 g/mol. The quantitative estimate of drug-likeness (QED) is 0.624. The Labute approximate surface area is 137 Å². The number of para-hydroxylation sites is 1. The molecule has 0 atom stereocenters. The van der Waals surface area contributed by atoms with E-state index >= 15 is 0 Å². The van der Waals surface area contributed by atoms with E-state index in [1.54, 1.807) is 7.11 Å². The van der Waals surface area contributed by atoms with Crippen molar-refractivity contribution in [3.63, 3.8) is 0 Å². The van der Waals surface area contributed by atoms with Crippen LogP contribution in [-0.2, 0) is 6.54 Å². The molecule has 1 heterocycles. The van der Waals surface area contributed by atoms with E-state index in [9.17, 15) is 0 Å². The third-order valence-corrected chi connectivity index (χ3v) is 4.05. The summed E-state index contributed by atoms with van der Waals surface area (Å²) in [5.41, 5.74) is 3.43. The Kier molecular flexibility index (Phi) is 4.24. The summed E-state index contributed by atoms with van der Waals surface area (Å²) < 4.78 is 8.55. The number of aromatic nitrogens is 2. The van der Waals surface area contributed by atoms with Gasteiger partial charge in [0.2, 0.25) is 0 Å². The van der Waals surface area contributed by atoms with Crippen molar-refractivity contribution >= 4 is 22.6 Å². The maximum atomic E-state index is 5.38. The van der Waals surface area contributed by atoms with Crippen molar-refractivity contribution in [2.75, 3.05) is 7.11 Å². The van der Waals surface area contributed by atoms with Gasteiger partial charge in [0.05, 0.1) is 19.9 Å². The highest BCUT2D eigenvalue weighted by molar-refractivity contribution is 14.1. The van der Waals surface area contributed by atoms with Gasteiger partial charge >= 0.3 is 0 Å². The number of methoxy groups -OCH3 is 1. The van der Waals surface area contributed by atoms with Crippen LogP contribution in [0, 0.1) is 3.57 Å². The van der Waals surface area contributed by atoms with Gasteiger partial charge in [-0.15, -0.1) is 0 Å². The molecule has 0 aliphatic rings. The van der Waals surface area contributed by atoms with Crippen LogP contribution in [0.25, 0.3) is 11.1 Å². The Morgan fingerprint density at radius 2 is 1.81 bits per heavy atom. The zero-order valence-corrected chi connectivity index (χ0v) is 13.8. The monoisotopic (exact) mass is 390 g/mol. The van der Waals surface area contributed by atoms with Crippen molar-refractivity contribution in [2.45, 2.75) is 6.54 Å². The van der Waals surface area contributed by atoms with E-state index in [0.717, 1.165) is 16.9 Å². The maximum absolute atomic E-state index is 5.38. The van der Waals surface area contributed by atoms with Crippen molar-refractivity contribution in [1.82, 2.24) is 9.78 Å². The van der Waals surface area contributed by atoms with Crippen molar-refractivity contribution in [3.8, 4) is 16.9 Å². The van der Waals surface area contributed by atoms with Crippen LogP contribution in [0.1, 0.15) is 5.56 Å². The van der Waals surface area contributed by atoms with Crippen molar-refractivity contribution in [1.29, 1.82) is 0 Å². The Morgan fingerprint density at radius 3 is 2.57 bits per heavy atom. The van der Waals surface area contributed by atoms with Gasteiger partial charge in [-0.3, -0.25) is 4.68 Å². The van der Waals surface area contributed by atoms with Gasteiger partial charge in [-0.1, -0.05) is 30.3 Å². The topological polar surface area (TPSA) is 27.1 Å². The van der Waals surface area contributed by atoms with E-state index in [1.807, 2.05) is 29.1 Å². The van der Waals surface area contributed by atoms with Gasteiger partial charge in [0, 0.05) is 20.9 Å². The molecule has 2 aromatic carbocycles. The van der Waals surface area contributed by atoms with Crippen LogP contribution < -0.4 is 4.74 Å². The number of nitrogens with zero attached hydrogens (tertiary/aromatic N) is 2. The summed E-state index contributed by atoms with van der Waals surface area (Å²) in [7, 11) is 1.69. The molecule has 3 rings (SSSR count). The second-order valence-corrected chi connectivity index (χ2v) is 5.99. The van der Waals surface area contributed by atoms with Crippen molar-refractivity contribution < 1.29 is 4.74 Å². The molecule has 0 radical (unpaired) electrons. The lowest BCUT2D eigenvalue weighted by Gasteiger charge is -2.07. The van der Waals surface area contributed by atoms with E-state index in [1.165, 1.54) is 9.13 Å². The molecule has 0 saturated heterocycles. The summed E-state index contributed by atoms with van der Waals surface area (Å²) in [5, 5.41) is 4.44. The normalized spacial score (nSPS) is 10.6. The van der Waals surface area contributed by atoms with Gasteiger partial charge in [0.25, 0.3) is 0 Å². The van der Waals surface area contributed by atoms with Gasteiger partial charge in [0.15, 0.2) is 0 Å². The number of halogens is 1. The first-order valence-electron chi connectivity index (χ1n) is 6.66. The summed E-state index contributed by atoms with van der Waals surface area (Å²) in [6.07, 6.45) is 3.96. The van der Waals surface area contributed by atoms with Crippen LogP contribution in [0.5, 0.6) is 5.75 Å². The fourth-order valence-electron chi connectivity index (χ4n) is 2.25. The lowest BCUT2D eigenvalue weighted by atomic mass is 10.1. The Morgan fingerprint density at radius 1 is 1.05 bits per heavy atom. The Hall–Kier alpha value is -1.82. The Balaban J connectivity index is 1.83. The minimum absolute atomic E-state index is 0.703. The standard InChI is InChI=1S/C17H15IN2O/c1-21-17-5-3-2-4-14(17)11-20-12-15(10-19-20)13-6-8-16(18)9-7-13/h2-10,12H,11H2,1H3. The third-order valence-electron chi connectivity index (χ3n) is 3.34. The molecule has 0 amide bonds. The van der Waals surface area contributed by atoms with E-state index < -0.39 is 0 Å². The Bertz CT molecular complexity index is 735. The summed E-state index contributed by atoms with van der Waals surface area (Å²) in [5.74, 6) is 0.892. The molecule has 0 N–H and O–H groups in total. The molecule has 0 aliphatic carbocycles. The lowest BCUT2D eigenvalue weighted by Crippen LogP contribution is -2.01. The summed E-state index contributed by atoms with van der Waals surface area (Å²) in [6, 6.07) is 16.5. The molecule has 0 unspecified atom stereocenters. The second kappa shape index (κ2) is 6.30. The molecule has 0 saturated carbocycles. The predicted octanol–water partition coefficient (Wildman–Crippen LogP) is 4.21. The first-order chi connectivity index (χ1) is 10.3. The van der Waals surface area contributed by atoms with Crippen LogP contribution in [0.4, 0.5) is 0 Å². The maximum Gasteiger partial charge on any atom is 0.123 e. The third kappa shape index (κ3) is 3.26. The van der Waals surface area contributed by atoms with E-state index in [2.05, 4.69) is 64.2 Å². The van der Waals surface area contributed by atoms with E-state index in [0.29, 0.717) is 6.54 Å². The van der Waals surface area contributed by atoms with Crippen LogP contribution in [0.3, 0.4) is 0 Å². The largest absolute Gasteiger partial charge is 0.496 e. The van der Waals surface area contributed by atoms with Crippen molar-refractivity contribution in [3.05, 3.63) is 70.1 Å². The average Bonchev–Trinajstić information content (AvgIpc) is 2.97. The molecule has 21 heavy (non-hydrogen) atoms. The fourth-order valence-corrected chi connectivity index (χ4v) is 2.61. The van der Waals surface area contributed by atoms with E-state index in [4.69, 9.17) is 4.74 Å². The molecular weight excluding hydrogens is 375 g/mol. The molecule has 0 aliphatic heterocycles. The fraction of sp³-hybridized carbons (Fsp3) is 0.118. The number of hydrogen-bond donors (Lipinski definition) is 0. The summed E-state index contributed by atoms with van der Waals surface area (Å²) >= 11 is 2.31. The summed E-state index contributed by atoms with van der Waals surface area (Å²) in [6.45, 7) is 0.703. The van der Waals surface area contributed by atoms with Crippen molar-refractivity contribution in [2.24, 2.45) is 0 Å². The first kappa shape index (κ1) is 14.1. The highest BCUT2D eigenvalue weighted by atomic mass is 127. The molecule has 0 fully saturated rings. The zero-order chi connectivity index (χ0) is 14.7. The first-order valence-corrected chi connectivity index (χ1v) is 7.74. The highest BCUT2D eigenvalue weighted by Gasteiger charge is 2.05. The minimum atomic E-state index is 0.703. The molecule has 4 heteroatoms. The second-order valence-electron chi connectivity index (χ2n) is 4.75. The molecule has 106 valence electrons. The number of ether oxygens (including phenoxy) is 1. The number of rotatable bonds is 4. The molecule has 1 aromatic heterocycles. The SMILES string of the molecule is COc1ccccc1Cn1cc(-c2ccc(I)cc2)cn1. The predicted molar refractivity (Wildman–Crippen MR) is 92.5 cm³/mol. The number of benzene rings is 2. The highest BCUT2D eigenvalue weighted by Crippen LogP contribution is 2.22. The van der Waals surface area contributed by atoms with Crippen LogP contribution in [0.2, 0.25) is 0 Å². The molecule has 3 nitrogen and oxygen atoms in total. The summed E-state index contributed by atoms with van der Waals surface area (Å²) in [4.78, 5) is 0. The van der Waals surface area contributed by atoms with Crippen LogP contribution >= 0.6 is 22.6 Å². The zero-order valence-electron chi connectivity index (χ0n) is 11.7. The van der Waals surface area contributed by atoms with E-state index in [-0.39, 0.29) is 0 Å². The minimum Gasteiger partial charge on any atom is -0.496 e. The van der Waals surface area contributed by atoms with Gasteiger partial charge in [-0.2, -0.15) is 5.10 Å². The molecule has 0 bridgehead atoms.